The summed E-state index contributed by atoms with van der Waals surface area (Å²) in [4.78, 5) is 25.1. The Morgan fingerprint density at radius 3 is 2.93 bits per heavy atom. The van der Waals surface area contributed by atoms with Crippen LogP contribution in [0.1, 0.15) is 33.4 Å². The molecule has 1 aromatic carbocycles. The van der Waals surface area contributed by atoms with Crippen molar-refractivity contribution in [2.45, 2.75) is 26.4 Å². The number of anilines is 1. The lowest BCUT2D eigenvalue weighted by atomic mass is 10.1. The second-order valence-corrected chi connectivity index (χ2v) is 7.66. The fourth-order valence-electron chi connectivity index (χ4n) is 3.26. The first-order valence-corrected chi connectivity index (χ1v) is 10.2. The highest BCUT2D eigenvalue weighted by Gasteiger charge is 2.22. The number of aromatic nitrogens is 2. The Hall–Kier alpha value is -2.77. The van der Waals surface area contributed by atoms with Gasteiger partial charge in [0, 0.05) is 37.1 Å². The Balaban J connectivity index is 1.44. The van der Waals surface area contributed by atoms with E-state index in [1.807, 2.05) is 13.0 Å². The molecule has 0 atom stereocenters. The second kappa shape index (κ2) is 8.50. The number of fused-ring (bicyclic) bond motifs is 1. The van der Waals surface area contributed by atoms with Gasteiger partial charge in [0.25, 0.3) is 5.91 Å². The first kappa shape index (κ1) is 18.6. The van der Waals surface area contributed by atoms with Gasteiger partial charge in [-0.1, -0.05) is 30.3 Å². The van der Waals surface area contributed by atoms with Gasteiger partial charge >= 0.3 is 0 Å². The summed E-state index contributed by atoms with van der Waals surface area (Å²) >= 11 is 1.55. The molecular weight excluding hydrogens is 372 g/mol. The Morgan fingerprint density at radius 2 is 2.11 bits per heavy atom. The van der Waals surface area contributed by atoms with Crippen LogP contribution in [-0.2, 0) is 19.5 Å². The van der Waals surface area contributed by atoms with E-state index in [1.165, 1.54) is 10.4 Å². The number of nitrogens with zero attached hydrogens (tertiary/aromatic N) is 3. The number of thiazole rings is 1. The van der Waals surface area contributed by atoms with Crippen LogP contribution < -0.4 is 10.1 Å². The Bertz CT molecular complexity index is 958. The fourth-order valence-corrected chi connectivity index (χ4v) is 4.30. The van der Waals surface area contributed by atoms with Crippen LogP contribution in [-0.4, -0.2) is 33.9 Å². The first-order chi connectivity index (χ1) is 13.7. The summed E-state index contributed by atoms with van der Waals surface area (Å²) in [5, 5.41) is 3.54. The number of pyridine rings is 1. The first-order valence-electron chi connectivity index (χ1n) is 9.37. The van der Waals surface area contributed by atoms with Gasteiger partial charge in [-0.05, 0) is 24.6 Å². The summed E-state index contributed by atoms with van der Waals surface area (Å²) in [7, 11) is 0. The standard InChI is InChI=1S/C21H22N4O2S/c1-2-27-20-16(9-6-11-22-20)19(26)24-21-23-17-10-12-25(14-18(17)28-21)13-15-7-4-3-5-8-15/h3-9,11H,2,10,12-14H2,1H3,(H,23,24,26). The SMILES string of the molecule is CCOc1ncccc1C(=O)Nc1nc2c(s1)CN(Cc1ccccc1)CC2. The normalized spacial score (nSPS) is 13.8. The van der Waals surface area contributed by atoms with Crippen molar-refractivity contribution in [1.82, 2.24) is 14.9 Å². The Morgan fingerprint density at radius 1 is 1.25 bits per heavy atom. The van der Waals surface area contributed by atoms with Crippen molar-refractivity contribution in [3.8, 4) is 5.88 Å². The molecule has 0 aliphatic carbocycles. The number of hydrogen-bond acceptors (Lipinski definition) is 6. The monoisotopic (exact) mass is 394 g/mol. The van der Waals surface area contributed by atoms with Gasteiger partial charge in [0.15, 0.2) is 5.13 Å². The minimum atomic E-state index is -0.246. The van der Waals surface area contributed by atoms with E-state index in [2.05, 4.69) is 44.5 Å². The number of carbonyl (C=O) groups is 1. The number of carbonyl (C=O) groups excluding carboxylic acids is 1. The summed E-state index contributed by atoms with van der Waals surface area (Å²) in [6, 6.07) is 13.9. The predicted octanol–water partition coefficient (Wildman–Crippen LogP) is 3.75. The van der Waals surface area contributed by atoms with E-state index in [0.717, 1.165) is 31.7 Å². The van der Waals surface area contributed by atoms with Crippen LogP contribution in [0.2, 0.25) is 0 Å². The Kier molecular flexibility index (Phi) is 5.64. The lowest BCUT2D eigenvalue weighted by molar-refractivity contribution is 0.102. The highest BCUT2D eigenvalue weighted by atomic mass is 32.1. The molecule has 28 heavy (non-hydrogen) atoms. The molecule has 144 valence electrons. The van der Waals surface area contributed by atoms with E-state index in [-0.39, 0.29) is 5.91 Å². The number of amides is 1. The average molecular weight is 395 g/mol. The van der Waals surface area contributed by atoms with Crippen LogP contribution >= 0.6 is 11.3 Å². The molecule has 1 aliphatic heterocycles. The van der Waals surface area contributed by atoms with Crippen molar-refractivity contribution in [2.24, 2.45) is 0 Å². The number of ether oxygens (including phenoxy) is 1. The maximum atomic E-state index is 12.7. The third-order valence-electron chi connectivity index (χ3n) is 4.58. The van der Waals surface area contributed by atoms with Crippen molar-refractivity contribution in [3.05, 3.63) is 70.4 Å². The number of nitrogens with one attached hydrogen (secondary N) is 1. The summed E-state index contributed by atoms with van der Waals surface area (Å²) in [5.74, 6) is 0.0987. The molecule has 1 amide bonds. The highest BCUT2D eigenvalue weighted by Crippen LogP contribution is 2.29. The predicted molar refractivity (Wildman–Crippen MR) is 110 cm³/mol. The van der Waals surface area contributed by atoms with E-state index in [1.54, 1.807) is 29.7 Å². The molecule has 0 saturated heterocycles. The van der Waals surface area contributed by atoms with Gasteiger partial charge in [0.05, 0.1) is 12.3 Å². The quantitative estimate of drug-likeness (QED) is 0.690. The minimum Gasteiger partial charge on any atom is -0.477 e. The molecule has 0 fully saturated rings. The molecule has 6 nitrogen and oxygen atoms in total. The lowest BCUT2D eigenvalue weighted by Crippen LogP contribution is -2.29. The number of benzene rings is 1. The van der Waals surface area contributed by atoms with E-state index in [0.29, 0.717) is 23.2 Å². The zero-order valence-corrected chi connectivity index (χ0v) is 16.5. The molecule has 2 aromatic heterocycles. The van der Waals surface area contributed by atoms with Gasteiger partial charge in [-0.3, -0.25) is 15.0 Å². The molecule has 0 bridgehead atoms. The summed E-state index contributed by atoms with van der Waals surface area (Å²) in [6.45, 7) is 5.07. The average Bonchev–Trinajstić information content (AvgIpc) is 3.11. The molecule has 0 radical (unpaired) electrons. The largest absolute Gasteiger partial charge is 0.477 e. The van der Waals surface area contributed by atoms with Gasteiger partial charge in [-0.15, -0.1) is 11.3 Å². The maximum absolute atomic E-state index is 12.7. The van der Waals surface area contributed by atoms with Crippen LogP contribution in [0.5, 0.6) is 5.88 Å². The van der Waals surface area contributed by atoms with Gasteiger partial charge in [-0.2, -0.15) is 0 Å². The zero-order chi connectivity index (χ0) is 19.3. The lowest BCUT2D eigenvalue weighted by Gasteiger charge is -2.25. The number of rotatable bonds is 6. The third-order valence-corrected chi connectivity index (χ3v) is 5.57. The maximum Gasteiger partial charge on any atom is 0.262 e. The molecule has 7 heteroatoms. The van der Waals surface area contributed by atoms with Crippen molar-refractivity contribution >= 4 is 22.4 Å². The Labute approximate surface area is 168 Å². The summed E-state index contributed by atoms with van der Waals surface area (Å²) in [6.07, 6.45) is 2.51. The van der Waals surface area contributed by atoms with Crippen LogP contribution in [0.25, 0.3) is 0 Å². The fraction of sp³-hybridized carbons (Fsp3) is 0.286. The van der Waals surface area contributed by atoms with E-state index in [9.17, 15) is 4.79 Å². The smallest absolute Gasteiger partial charge is 0.262 e. The molecule has 0 unspecified atom stereocenters. The van der Waals surface area contributed by atoms with Crippen molar-refractivity contribution < 1.29 is 9.53 Å². The van der Waals surface area contributed by atoms with Crippen molar-refractivity contribution in [2.75, 3.05) is 18.5 Å². The van der Waals surface area contributed by atoms with Crippen LogP contribution in [0.15, 0.2) is 48.7 Å². The minimum absolute atomic E-state index is 0.246. The molecule has 1 aliphatic rings. The van der Waals surface area contributed by atoms with Gasteiger partial charge in [0.2, 0.25) is 5.88 Å². The van der Waals surface area contributed by atoms with Crippen molar-refractivity contribution in [3.63, 3.8) is 0 Å². The topological polar surface area (TPSA) is 67.3 Å². The van der Waals surface area contributed by atoms with Gasteiger partial charge < -0.3 is 4.74 Å². The van der Waals surface area contributed by atoms with E-state index >= 15 is 0 Å². The molecule has 3 heterocycles. The zero-order valence-electron chi connectivity index (χ0n) is 15.7. The van der Waals surface area contributed by atoms with Crippen LogP contribution in [0.4, 0.5) is 5.13 Å². The summed E-state index contributed by atoms with van der Waals surface area (Å²) < 4.78 is 5.45. The van der Waals surface area contributed by atoms with E-state index in [4.69, 9.17) is 4.74 Å². The van der Waals surface area contributed by atoms with Crippen LogP contribution in [0, 0.1) is 0 Å². The van der Waals surface area contributed by atoms with Gasteiger partial charge in [0.1, 0.15) is 5.56 Å². The number of hydrogen-bond donors (Lipinski definition) is 1. The van der Waals surface area contributed by atoms with E-state index < -0.39 is 0 Å². The van der Waals surface area contributed by atoms with Crippen molar-refractivity contribution in [1.29, 1.82) is 0 Å². The highest BCUT2D eigenvalue weighted by molar-refractivity contribution is 7.15. The molecular formula is C21H22N4O2S. The molecule has 3 aromatic rings. The molecule has 0 spiro atoms. The third kappa shape index (κ3) is 4.21. The second-order valence-electron chi connectivity index (χ2n) is 6.58. The van der Waals surface area contributed by atoms with Crippen LogP contribution in [0.3, 0.4) is 0 Å². The molecule has 0 saturated carbocycles. The molecule has 1 N–H and O–H groups in total. The molecule has 4 rings (SSSR count). The van der Waals surface area contributed by atoms with Gasteiger partial charge in [-0.25, -0.2) is 9.97 Å². The summed E-state index contributed by atoms with van der Waals surface area (Å²) in [5.41, 5.74) is 2.81.